The van der Waals surface area contributed by atoms with Gasteiger partial charge in [0.1, 0.15) is 11.6 Å². The summed E-state index contributed by atoms with van der Waals surface area (Å²) < 4.78 is 79.6. The summed E-state index contributed by atoms with van der Waals surface area (Å²) in [6.07, 6.45) is 1.55. The predicted molar refractivity (Wildman–Crippen MR) is 288 cm³/mol. The SMILES string of the molecule is [2H]c1c([2H])c(C([2H])([2H])[2H])c([2H])c([2H])c1-c1ccnc(-c2cc(-c3cccc4c3nc(-c3cc(C([2H])(C)C)cc(C([2H])(C)C)c3O)n4-c3cc(-c4ccccc4)c(C)cc3-c3ccc(C(C)(C)C)cc3)cc(C(C)(C)C)c2)c1. The number of fused-ring (bicyclic) bond motifs is 1. The number of phenolic OH excluding ortho intramolecular Hbond substituents is 1. The standard InChI is InChI=1S/C64H65N3O/c1-39(2)47-35-53(40(3)4)61(68)56(36-47)62-66-60-52(48-32-49(34-51(33-48)64(10,11)12)57-37-46(29-30-65-57)43-23-21-41(5)22-24-43)19-16-20-58(60)67(62)59-38-54(44-17-14-13-15-18-44)42(6)31-55(59)45-25-27-50(28-26-45)63(7,8)9/h13-40,68H,1-12H3/i5D3,21D,22D,23D,24D,39D,40D. The van der Waals surface area contributed by atoms with Crippen molar-refractivity contribution < 1.29 is 17.4 Å². The fourth-order valence-electron chi connectivity index (χ4n) is 8.99. The molecule has 0 atom stereocenters. The van der Waals surface area contributed by atoms with Gasteiger partial charge in [-0.15, -0.1) is 0 Å². The van der Waals surface area contributed by atoms with Crippen molar-refractivity contribution in [3.8, 4) is 78.6 Å². The van der Waals surface area contributed by atoms with Crippen LogP contribution in [0.4, 0.5) is 0 Å². The lowest BCUT2D eigenvalue weighted by molar-refractivity contribution is 0.466. The fourth-order valence-corrected chi connectivity index (χ4v) is 8.99. The van der Waals surface area contributed by atoms with E-state index in [9.17, 15) is 7.85 Å². The first kappa shape index (κ1) is 36.1. The number of hydrogen-bond donors (Lipinski definition) is 1. The van der Waals surface area contributed by atoms with E-state index in [0.717, 1.165) is 55.7 Å². The van der Waals surface area contributed by atoms with Crippen LogP contribution in [0.25, 0.3) is 83.9 Å². The molecule has 68 heavy (non-hydrogen) atoms. The van der Waals surface area contributed by atoms with Gasteiger partial charge in [0.2, 0.25) is 0 Å². The average Bonchev–Trinajstić information content (AvgIpc) is 3.85. The quantitative estimate of drug-likeness (QED) is 0.157. The van der Waals surface area contributed by atoms with Crippen LogP contribution >= 0.6 is 0 Å². The lowest BCUT2D eigenvalue weighted by atomic mass is 9.83. The largest absolute Gasteiger partial charge is 0.507 e. The molecule has 0 unspecified atom stereocenters. The van der Waals surface area contributed by atoms with E-state index in [2.05, 4.69) is 114 Å². The number of benzene rings is 7. The molecule has 4 nitrogen and oxygen atoms in total. The van der Waals surface area contributed by atoms with Crippen molar-refractivity contribution in [2.24, 2.45) is 0 Å². The summed E-state index contributed by atoms with van der Waals surface area (Å²) in [6.45, 7) is 19.3. The van der Waals surface area contributed by atoms with E-state index in [4.69, 9.17) is 19.6 Å². The van der Waals surface area contributed by atoms with Gasteiger partial charge in [0.25, 0.3) is 0 Å². The Morgan fingerprint density at radius 1 is 0.588 bits per heavy atom. The van der Waals surface area contributed by atoms with Gasteiger partial charge in [0.05, 0.1) is 33.5 Å². The van der Waals surface area contributed by atoms with Crippen molar-refractivity contribution in [2.45, 2.75) is 106 Å². The molecule has 1 N–H and O–H groups in total. The highest BCUT2D eigenvalue weighted by Gasteiger charge is 2.27. The number of aromatic hydroxyl groups is 1. The van der Waals surface area contributed by atoms with Gasteiger partial charge in [-0.2, -0.15) is 0 Å². The first-order valence-electron chi connectivity index (χ1n) is 27.8. The number of aryl methyl sites for hydroxylation is 1. The second-order valence-corrected chi connectivity index (χ2v) is 20.5. The highest BCUT2D eigenvalue weighted by Crippen LogP contribution is 2.46. The molecule has 0 amide bonds. The first-order valence-corrected chi connectivity index (χ1v) is 23.3. The van der Waals surface area contributed by atoms with Gasteiger partial charge in [0.15, 0.2) is 0 Å². The molecule has 0 spiro atoms. The van der Waals surface area contributed by atoms with Crippen LogP contribution in [0.15, 0.2) is 158 Å². The van der Waals surface area contributed by atoms with E-state index in [1.807, 2.05) is 48.5 Å². The zero-order valence-electron chi connectivity index (χ0n) is 50.0. The van der Waals surface area contributed by atoms with Crippen LogP contribution < -0.4 is 0 Å². The van der Waals surface area contributed by atoms with Crippen molar-refractivity contribution in [3.63, 3.8) is 0 Å². The van der Waals surface area contributed by atoms with Crippen LogP contribution in [-0.4, -0.2) is 19.6 Å². The summed E-state index contributed by atoms with van der Waals surface area (Å²) in [5, 5.41) is 12.6. The van der Waals surface area contributed by atoms with Gasteiger partial charge >= 0.3 is 0 Å². The van der Waals surface area contributed by atoms with Crippen LogP contribution in [0.3, 0.4) is 0 Å². The van der Waals surface area contributed by atoms with E-state index >= 15 is 0 Å². The Kier molecular flexibility index (Phi) is 9.48. The number of nitrogens with zero attached hydrogens (tertiary/aromatic N) is 3. The summed E-state index contributed by atoms with van der Waals surface area (Å²) in [5.41, 5.74) is 12.7. The number of para-hydroxylation sites is 1. The molecule has 2 aromatic heterocycles. The molecule has 4 heteroatoms. The maximum absolute atomic E-state index is 12.6. The molecule has 9 aromatic rings. The van der Waals surface area contributed by atoms with Gasteiger partial charge in [-0.05, 0) is 146 Å². The Morgan fingerprint density at radius 3 is 1.94 bits per heavy atom. The first-order chi connectivity index (χ1) is 35.8. The molecule has 0 bridgehead atoms. The van der Waals surface area contributed by atoms with Crippen molar-refractivity contribution in [1.29, 1.82) is 0 Å². The van der Waals surface area contributed by atoms with Crippen molar-refractivity contribution >= 4 is 11.0 Å². The topological polar surface area (TPSA) is 50.9 Å². The third-order valence-electron chi connectivity index (χ3n) is 13.0. The van der Waals surface area contributed by atoms with Crippen LogP contribution in [0.1, 0.15) is 127 Å². The summed E-state index contributed by atoms with van der Waals surface area (Å²) >= 11 is 0. The Bertz CT molecular complexity index is 3750. The van der Waals surface area contributed by atoms with Gasteiger partial charge in [0, 0.05) is 29.7 Å². The third kappa shape index (κ3) is 8.93. The van der Waals surface area contributed by atoms with Crippen molar-refractivity contribution in [2.75, 3.05) is 0 Å². The monoisotopic (exact) mass is 901 g/mol. The van der Waals surface area contributed by atoms with Gasteiger partial charge in [-0.3, -0.25) is 9.55 Å². The number of aromatic nitrogens is 3. The maximum Gasteiger partial charge on any atom is 0.149 e. The smallest absolute Gasteiger partial charge is 0.149 e. The average molecular weight is 901 g/mol. The minimum Gasteiger partial charge on any atom is -0.507 e. The lowest BCUT2D eigenvalue weighted by Gasteiger charge is -2.22. The predicted octanol–water partition coefficient (Wildman–Crippen LogP) is 17.6. The van der Waals surface area contributed by atoms with Crippen molar-refractivity contribution in [3.05, 3.63) is 191 Å². The van der Waals surface area contributed by atoms with Crippen LogP contribution in [0.5, 0.6) is 5.75 Å². The van der Waals surface area contributed by atoms with E-state index in [1.54, 1.807) is 52.1 Å². The Labute approximate surface area is 417 Å². The Balaban J connectivity index is 1.37. The molecule has 0 aliphatic rings. The lowest BCUT2D eigenvalue weighted by Crippen LogP contribution is -2.11. The van der Waals surface area contributed by atoms with Crippen LogP contribution in [-0.2, 0) is 10.8 Å². The van der Waals surface area contributed by atoms with Gasteiger partial charge < -0.3 is 5.11 Å². The zero-order valence-corrected chi connectivity index (χ0v) is 41.0. The number of phenols is 1. The number of imidazole rings is 1. The van der Waals surface area contributed by atoms with E-state index in [-0.39, 0.29) is 22.1 Å². The second-order valence-electron chi connectivity index (χ2n) is 20.5. The second kappa shape index (κ2) is 17.9. The fraction of sp³-hybridized carbons (Fsp3) is 0.250. The Morgan fingerprint density at radius 2 is 1.28 bits per heavy atom. The summed E-state index contributed by atoms with van der Waals surface area (Å²) in [4.78, 5) is 10.4. The molecule has 0 aliphatic heterocycles. The van der Waals surface area contributed by atoms with E-state index in [1.165, 1.54) is 5.56 Å². The number of pyridine rings is 1. The summed E-state index contributed by atoms with van der Waals surface area (Å²) in [7, 11) is 0. The summed E-state index contributed by atoms with van der Waals surface area (Å²) in [5.74, 6) is -2.04. The molecular weight excluding hydrogens is 827 g/mol. The highest BCUT2D eigenvalue weighted by molar-refractivity contribution is 5.98. The minimum absolute atomic E-state index is 0.0270. The molecule has 9 rings (SSSR count). The molecule has 7 aromatic carbocycles. The summed E-state index contributed by atoms with van der Waals surface area (Å²) in [6, 6.07) is 40.4. The molecule has 0 aliphatic carbocycles. The third-order valence-corrected chi connectivity index (χ3v) is 13.0. The molecule has 0 fully saturated rings. The Hall–Kier alpha value is -7.04. The van der Waals surface area contributed by atoms with Gasteiger partial charge in [-0.25, -0.2) is 4.98 Å². The molecule has 0 saturated heterocycles. The van der Waals surface area contributed by atoms with Crippen LogP contribution in [0, 0.1) is 13.8 Å². The number of rotatable bonds is 9. The number of hydrogen-bond acceptors (Lipinski definition) is 3. The minimum atomic E-state index is -2.85. The van der Waals surface area contributed by atoms with Gasteiger partial charge in [-0.1, -0.05) is 178 Å². The highest BCUT2D eigenvalue weighted by atomic mass is 16.3. The molecule has 0 saturated carbocycles. The molecular formula is C64H65N3O. The molecule has 2 heterocycles. The normalized spacial score (nSPS) is 14.5. The molecule has 342 valence electrons. The molecule has 0 radical (unpaired) electrons. The maximum atomic E-state index is 12.6. The zero-order chi connectivity index (χ0) is 56.1. The van der Waals surface area contributed by atoms with E-state index < -0.39 is 48.4 Å². The van der Waals surface area contributed by atoms with Crippen molar-refractivity contribution in [1.82, 2.24) is 14.5 Å². The van der Waals surface area contributed by atoms with Crippen LogP contribution in [0.2, 0.25) is 0 Å². The van der Waals surface area contributed by atoms with E-state index in [0.29, 0.717) is 44.9 Å².